The van der Waals surface area contributed by atoms with Crippen LogP contribution in [0.2, 0.25) is 0 Å². The van der Waals surface area contributed by atoms with Gasteiger partial charge in [-0.15, -0.1) is 0 Å². The third kappa shape index (κ3) is 6.72. The molecular formula is C10H10Li4O8. The van der Waals surface area contributed by atoms with E-state index in [0.29, 0.717) is 12.1 Å². The van der Waals surface area contributed by atoms with E-state index in [1.807, 2.05) is 0 Å². The van der Waals surface area contributed by atoms with E-state index in [4.69, 9.17) is 20.4 Å². The summed E-state index contributed by atoms with van der Waals surface area (Å²) in [4.78, 5) is 43.1. The Morgan fingerprint density at radius 1 is 0.500 bits per heavy atom. The van der Waals surface area contributed by atoms with Crippen LogP contribution in [0.5, 0.6) is 0 Å². The summed E-state index contributed by atoms with van der Waals surface area (Å²) in [6, 6.07) is 1.02. The van der Waals surface area contributed by atoms with Gasteiger partial charge in [-0.25, -0.2) is 19.2 Å². The molecule has 8 nitrogen and oxygen atoms in total. The molecule has 0 amide bonds. The van der Waals surface area contributed by atoms with Gasteiger partial charge in [-0.3, -0.25) is 0 Å². The molecule has 0 aliphatic rings. The summed E-state index contributed by atoms with van der Waals surface area (Å²) in [5.74, 6) is -6.64. The van der Waals surface area contributed by atoms with Gasteiger partial charge in [0.2, 0.25) is 0 Å². The SMILES string of the molecule is O=C(O)c1cc(C(=O)O)c(C(=O)O)cc1C(=O)O.[LiH].[LiH].[LiH].[LiH]. The second-order valence-corrected chi connectivity index (χ2v) is 3.16. The Balaban J connectivity index is -0.000000405. The molecule has 0 saturated heterocycles. The topological polar surface area (TPSA) is 149 Å². The summed E-state index contributed by atoms with van der Waals surface area (Å²) < 4.78 is 0. The number of benzene rings is 1. The molecule has 12 heteroatoms. The Morgan fingerprint density at radius 2 is 0.636 bits per heavy atom. The molecule has 0 spiro atoms. The second-order valence-electron chi connectivity index (χ2n) is 3.16. The maximum absolute atomic E-state index is 10.8. The van der Waals surface area contributed by atoms with Crippen molar-refractivity contribution in [2.45, 2.75) is 0 Å². The van der Waals surface area contributed by atoms with Crippen LogP contribution in [-0.2, 0) is 0 Å². The fraction of sp³-hybridized carbons (Fsp3) is 0. The van der Waals surface area contributed by atoms with E-state index in [-0.39, 0.29) is 75.4 Å². The Kier molecular flexibility index (Phi) is 16.1. The van der Waals surface area contributed by atoms with Crippen LogP contribution in [0.4, 0.5) is 0 Å². The van der Waals surface area contributed by atoms with Crippen molar-refractivity contribution in [1.29, 1.82) is 0 Å². The van der Waals surface area contributed by atoms with Crippen molar-refractivity contribution in [3.8, 4) is 0 Å². The van der Waals surface area contributed by atoms with Gasteiger partial charge in [0.1, 0.15) is 0 Å². The Hall–Kier alpha value is -0.510. The molecule has 0 aromatic heterocycles. The van der Waals surface area contributed by atoms with Crippen LogP contribution in [0.15, 0.2) is 12.1 Å². The molecule has 0 saturated carbocycles. The average molecular weight is 286 g/mol. The predicted molar refractivity (Wildman–Crippen MR) is 82.9 cm³/mol. The molecule has 0 heterocycles. The van der Waals surface area contributed by atoms with Crippen LogP contribution in [0.3, 0.4) is 0 Å². The van der Waals surface area contributed by atoms with Crippen molar-refractivity contribution >= 4 is 99.3 Å². The first-order valence-corrected chi connectivity index (χ1v) is 4.37. The van der Waals surface area contributed by atoms with Crippen LogP contribution in [0.1, 0.15) is 41.4 Å². The number of aromatic carboxylic acids is 4. The van der Waals surface area contributed by atoms with Gasteiger partial charge < -0.3 is 20.4 Å². The number of hydrogen-bond acceptors (Lipinski definition) is 4. The molecule has 0 fully saturated rings. The van der Waals surface area contributed by atoms with Crippen LogP contribution in [0, 0.1) is 0 Å². The van der Waals surface area contributed by atoms with E-state index in [0.717, 1.165) is 0 Å². The summed E-state index contributed by atoms with van der Waals surface area (Å²) in [6.45, 7) is 0. The third-order valence-corrected chi connectivity index (χ3v) is 2.08. The normalized spacial score (nSPS) is 8.00. The zero-order valence-electron chi connectivity index (χ0n) is 8.58. The maximum atomic E-state index is 10.8. The van der Waals surface area contributed by atoms with Gasteiger partial charge in [0.05, 0.1) is 22.3 Å². The Labute approximate surface area is 172 Å². The summed E-state index contributed by atoms with van der Waals surface area (Å²) in [7, 11) is 0. The Bertz CT molecular complexity index is 488. The summed E-state index contributed by atoms with van der Waals surface area (Å²) in [5, 5.41) is 35.0. The zero-order chi connectivity index (χ0) is 14.0. The molecule has 0 aliphatic heterocycles. The number of carbonyl (C=O) groups is 4. The molecule has 0 unspecified atom stereocenters. The van der Waals surface area contributed by atoms with E-state index in [1.165, 1.54) is 0 Å². The van der Waals surface area contributed by atoms with Crippen LogP contribution < -0.4 is 0 Å². The fourth-order valence-electron chi connectivity index (χ4n) is 1.31. The number of carboxylic acids is 4. The van der Waals surface area contributed by atoms with Crippen LogP contribution in [-0.4, -0.2) is 120 Å². The van der Waals surface area contributed by atoms with Crippen molar-refractivity contribution in [3.63, 3.8) is 0 Å². The molecule has 1 aromatic rings. The minimum atomic E-state index is -1.66. The van der Waals surface area contributed by atoms with Crippen molar-refractivity contribution in [1.82, 2.24) is 0 Å². The first-order valence-electron chi connectivity index (χ1n) is 4.37. The van der Waals surface area contributed by atoms with E-state index < -0.39 is 46.1 Å². The third-order valence-electron chi connectivity index (χ3n) is 2.08. The first-order chi connectivity index (χ1) is 8.25. The molecule has 0 aliphatic carbocycles. The van der Waals surface area contributed by atoms with Gasteiger partial charge in [0.25, 0.3) is 0 Å². The Morgan fingerprint density at radius 3 is 0.727 bits per heavy atom. The molecule has 102 valence electrons. The van der Waals surface area contributed by atoms with Gasteiger partial charge in [0, 0.05) is 0 Å². The van der Waals surface area contributed by atoms with Crippen LogP contribution >= 0.6 is 0 Å². The van der Waals surface area contributed by atoms with Crippen molar-refractivity contribution < 1.29 is 39.6 Å². The van der Waals surface area contributed by atoms with Gasteiger partial charge in [-0.1, -0.05) is 0 Å². The van der Waals surface area contributed by atoms with E-state index in [1.54, 1.807) is 0 Å². The van der Waals surface area contributed by atoms with E-state index in [9.17, 15) is 19.2 Å². The molecular weight excluding hydrogens is 276 g/mol. The number of carboxylic acid groups (broad SMARTS) is 4. The molecule has 1 rings (SSSR count). The minimum absolute atomic E-state index is 0. The van der Waals surface area contributed by atoms with Crippen LogP contribution in [0.25, 0.3) is 0 Å². The average Bonchev–Trinajstić information content (AvgIpc) is 2.26. The molecule has 22 heavy (non-hydrogen) atoms. The summed E-state index contributed by atoms with van der Waals surface area (Å²) >= 11 is 0. The van der Waals surface area contributed by atoms with Gasteiger partial charge >= 0.3 is 99.3 Å². The zero-order valence-corrected chi connectivity index (χ0v) is 8.58. The fourth-order valence-corrected chi connectivity index (χ4v) is 1.31. The molecule has 0 bridgehead atoms. The van der Waals surface area contributed by atoms with Crippen molar-refractivity contribution in [3.05, 3.63) is 34.4 Å². The molecule has 4 N–H and O–H groups in total. The first kappa shape index (κ1) is 29.5. The van der Waals surface area contributed by atoms with Crippen molar-refractivity contribution in [2.75, 3.05) is 0 Å². The molecule has 0 atom stereocenters. The van der Waals surface area contributed by atoms with E-state index >= 15 is 0 Å². The quantitative estimate of drug-likeness (QED) is 0.459. The number of rotatable bonds is 4. The predicted octanol–water partition coefficient (Wildman–Crippen LogP) is -2.11. The summed E-state index contributed by atoms with van der Waals surface area (Å²) in [6.07, 6.45) is 0. The van der Waals surface area contributed by atoms with E-state index in [2.05, 4.69) is 0 Å². The van der Waals surface area contributed by atoms with Gasteiger partial charge in [-0.05, 0) is 12.1 Å². The van der Waals surface area contributed by atoms with Gasteiger partial charge in [0.15, 0.2) is 0 Å². The molecule has 0 radical (unpaired) electrons. The van der Waals surface area contributed by atoms with Crippen molar-refractivity contribution in [2.24, 2.45) is 0 Å². The second kappa shape index (κ2) is 12.0. The monoisotopic (exact) mass is 286 g/mol. The number of hydrogen-bond donors (Lipinski definition) is 4. The standard InChI is InChI=1S/C10H6O8.4Li.4H/c11-7(12)3-1-4(8(13)14)6(10(17)18)2-5(3)9(15)16;;;;;;;;/h1-2H,(H,11,12)(H,13,14)(H,15,16)(H,17,18);;;;;;;;. The van der Waals surface area contributed by atoms with Gasteiger partial charge in [-0.2, -0.15) is 0 Å². The molecule has 1 aromatic carbocycles. The summed E-state index contributed by atoms with van der Waals surface area (Å²) in [5.41, 5.74) is -3.15.